The Balaban J connectivity index is 1.94. The van der Waals surface area contributed by atoms with Crippen LogP contribution < -0.4 is 5.32 Å². The van der Waals surface area contributed by atoms with Gasteiger partial charge in [0.05, 0.1) is 18.1 Å². The number of nitrogens with one attached hydrogen (secondary N) is 1. The highest BCUT2D eigenvalue weighted by molar-refractivity contribution is 7.91. The topological polar surface area (TPSA) is 46.2 Å². The molecule has 0 aromatic heterocycles. The zero-order valence-corrected chi connectivity index (χ0v) is 10.6. The molecule has 1 aromatic carbocycles. The quantitative estimate of drug-likeness (QED) is 0.907. The van der Waals surface area contributed by atoms with E-state index in [4.69, 9.17) is 0 Å². The van der Waals surface area contributed by atoms with Gasteiger partial charge in [-0.2, -0.15) is 8.78 Å². The maximum atomic E-state index is 13.8. The van der Waals surface area contributed by atoms with Crippen molar-refractivity contribution in [2.45, 2.75) is 18.4 Å². The molecule has 1 saturated heterocycles. The molecule has 0 aliphatic carbocycles. The standard InChI is InChI=1S/C12H15F2NO2S/c13-12(14,10-4-2-1-3-5-10)9-15-11-6-7-18(16,17)8-11/h1-5,11,15H,6-9H2. The van der Waals surface area contributed by atoms with Gasteiger partial charge in [-0.05, 0) is 6.42 Å². The van der Waals surface area contributed by atoms with Gasteiger partial charge in [-0.15, -0.1) is 0 Å². The fourth-order valence-electron chi connectivity index (χ4n) is 2.01. The van der Waals surface area contributed by atoms with Gasteiger partial charge < -0.3 is 5.32 Å². The third-order valence-electron chi connectivity index (χ3n) is 3.04. The minimum absolute atomic E-state index is 0.0438. The van der Waals surface area contributed by atoms with E-state index >= 15 is 0 Å². The Morgan fingerprint density at radius 1 is 1.28 bits per heavy atom. The molecule has 0 bridgehead atoms. The summed E-state index contributed by atoms with van der Waals surface area (Å²) in [6.07, 6.45) is 0.410. The molecule has 1 unspecified atom stereocenters. The number of halogens is 2. The normalized spacial score (nSPS) is 23.1. The Labute approximate surface area is 105 Å². The molecule has 2 rings (SSSR count). The van der Waals surface area contributed by atoms with Crippen LogP contribution in [0.4, 0.5) is 8.78 Å². The molecule has 0 radical (unpaired) electrons. The SMILES string of the molecule is O=S1(=O)CCC(NCC(F)(F)c2ccccc2)C1. The van der Waals surface area contributed by atoms with Crippen LogP contribution >= 0.6 is 0 Å². The van der Waals surface area contributed by atoms with Gasteiger partial charge in [0.15, 0.2) is 9.84 Å². The lowest BCUT2D eigenvalue weighted by molar-refractivity contribution is -0.00509. The summed E-state index contributed by atoms with van der Waals surface area (Å²) in [4.78, 5) is 0. The second-order valence-electron chi connectivity index (χ2n) is 4.55. The molecule has 1 aliphatic heterocycles. The molecule has 1 fully saturated rings. The molecule has 1 heterocycles. The number of benzene rings is 1. The average molecular weight is 275 g/mol. The van der Waals surface area contributed by atoms with Crippen molar-refractivity contribution in [2.75, 3.05) is 18.1 Å². The van der Waals surface area contributed by atoms with Gasteiger partial charge in [-0.3, -0.25) is 0 Å². The first-order chi connectivity index (χ1) is 8.39. The third kappa shape index (κ3) is 3.26. The van der Waals surface area contributed by atoms with Gasteiger partial charge in [0, 0.05) is 11.6 Å². The number of alkyl halides is 2. The van der Waals surface area contributed by atoms with E-state index in [9.17, 15) is 17.2 Å². The van der Waals surface area contributed by atoms with Crippen molar-refractivity contribution >= 4 is 9.84 Å². The summed E-state index contributed by atoms with van der Waals surface area (Å²) in [5, 5.41) is 2.65. The van der Waals surface area contributed by atoms with Crippen molar-refractivity contribution in [1.82, 2.24) is 5.32 Å². The molecule has 0 spiro atoms. The molecule has 3 nitrogen and oxygen atoms in total. The lowest BCUT2D eigenvalue weighted by atomic mass is 10.1. The lowest BCUT2D eigenvalue weighted by Gasteiger charge is -2.19. The van der Waals surface area contributed by atoms with Gasteiger partial charge in [0.1, 0.15) is 0 Å². The van der Waals surface area contributed by atoms with Crippen LogP contribution in [0.15, 0.2) is 30.3 Å². The third-order valence-corrected chi connectivity index (χ3v) is 4.81. The predicted molar refractivity (Wildman–Crippen MR) is 65.4 cm³/mol. The van der Waals surface area contributed by atoms with Gasteiger partial charge in [-0.1, -0.05) is 30.3 Å². The Morgan fingerprint density at radius 3 is 2.50 bits per heavy atom. The molecule has 100 valence electrons. The van der Waals surface area contributed by atoms with Crippen LogP contribution in [0, 0.1) is 0 Å². The van der Waals surface area contributed by atoms with Crippen LogP contribution in [0.2, 0.25) is 0 Å². The molecular weight excluding hydrogens is 260 g/mol. The largest absolute Gasteiger partial charge is 0.307 e. The van der Waals surface area contributed by atoms with E-state index in [1.165, 1.54) is 12.1 Å². The van der Waals surface area contributed by atoms with Crippen LogP contribution in [0.25, 0.3) is 0 Å². The number of rotatable bonds is 4. The molecule has 1 atom stereocenters. The highest BCUT2D eigenvalue weighted by Gasteiger charge is 2.34. The first kappa shape index (κ1) is 13.4. The van der Waals surface area contributed by atoms with Crippen molar-refractivity contribution < 1.29 is 17.2 Å². The predicted octanol–water partition coefficient (Wildman–Crippen LogP) is 1.56. The lowest BCUT2D eigenvalue weighted by Crippen LogP contribution is -2.38. The minimum atomic E-state index is -3.04. The summed E-state index contributed by atoms with van der Waals surface area (Å²) < 4.78 is 50.0. The van der Waals surface area contributed by atoms with Gasteiger partial charge in [0.25, 0.3) is 5.92 Å². The Bertz CT molecular complexity index is 502. The summed E-state index contributed by atoms with van der Waals surface area (Å²) in [6, 6.07) is 7.17. The van der Waals surface area contributed by atoms with Crippen molar-refractivity contribution in [1.29, 1.82) is 0 Å². The van der Waals surface area contributed by atoms with Crippen molar-refractivity contribution in [3.05, 3.63) is 35.9 Å². The zero-order chi connectivity index (χ0) is 13.2. The van der Waals surface area contributed by atoms with E-state index in [-0.39, 0.29) is 23.1 Å². The molecule has 6 heteroatoms. The number of sulfone groups is 1. The van der Waals surface area contributed by atoms with Crippen LogP contribution in [0.3, 0.4) is 0 Å². The fraction of sp³-hybridized carbons (Fsp3) is 0.500. The molecule has 0 amide bonds. The van der Waals surface area contributed by atoms with Crippen molar-refractivity contribution in [3.63, 3.8) is 0 Å². The second kappa shape index (κ2) is 4.93. The monoisotopic (exact) mass is 275 g/mol. The molecule has 18 heavy (non-hydrogen) atoms. The zero-order valence-electron chi connectivity index (χ0n) is 9.77. The van der Waals surface area contributed by atoms with E-state index in [2.05, 4.69) is 5.32 Å². The molecular formula is C12H15F2NO2S. The highest BCUT2D eigenvalue weighted by atomic mass is 32.2. The van der Waals surface area contributed by atoms with Gasteiger partial charge >= 0.3 is 0 Å². The van der Waals surface area contributed by atoms with Crippen LogP contribution in [-0.2, 0) is 15.8 Å². The van der Waals surface area contributed by atoms with Crippen LogP contribution in [0.5, 0.6) is 0 Å². The Kier molecular flexibility index (Phi) is 3.68. The van der Waals surface area contributed by atoms with E-state index < -0.39 is 22.3 Å². The fourth-order valence-corrected chi connectivity index (χ4v) is 3.72. The van der Waals surface area contributed by atoms with Gasteiger partial charge in [-0.25, -0.2) is 8.42 Å². The van der Waals surface area contributed by atoms with E-state index in [1.54, 1.807) is 18.2 Å². The molecule has 1 N–H and O–H groups in total. The maximum absolute atomic E-state index is 13.8. The Hall–Kier alpha value is -1.01. The van der Waals surface area contributed by atoms with Crippen LogP contribution in [0.1, 0.15) is 12.0 Å². The second-order valence-corrected chi connectivity index (χ2v) is 6.78. The Morgan fingerprint density at radius 2 is 1.94 bits per heavy atom. The number of hydrogen-bond acceptors (Lipinski definition) is 3. The van der Waals surface area contributed by atoms with Crippen LogP contribution in [-0.4, -0.2) is 32.5 Å². The smallest absolute Gasteiger partial charge is 0.285 e. The summed E-state index contributed by atoms with van der Waals surface area (Å²) in [6.45, 7) is -0.531. The van der Waals surface area contributed by atoms with Gasteiger partial charge in [0.2, 0.25) is 0 Å². The summed E-state index contributed by atoms with van der Waals surface area (Å²) in [5.74, 6) is -2.94. The summed E-state index contributed by atoms with van der Waals surface area (Å²) >= 11 is 0. The first-order valence-electron chi connectivity index (χ1n) is 5.76. The van der Waals surface area contributed by atoms with Crippen molar-refractivity contribution in [2.24, 2.45) is 0 Å². The summed E-state index contributed by atoms with van der Waals surface area (Å²) in [5.41, 5.74) is -0.0571. The molecule has 1 aromatic rings. The van der Waals surface area contributed by atoms with Crippen molar-refractivity contribution in [3.8, 4) is 0 Å². The first-order valence-corrected chi connectivity index (χ1v) is 7.58. The maximum Gasteiger partial charge on any atom is 0.285 e. The van der Waals surface area contributed by atoms with E-state index in [0.717, 1.165) is 0 Å². The van der Waals surface area contributed by atoms with E-state index in [0.29, 0.717) is 6.42 Å². The molecule has 1 aliphatic rings. The highest BCUT2D eigenvalue weighted by Crippen LogP contribution is 2.27. The van der Waals surface area contributed by atoms with E-state index in [1.807, 2.05) is 0 Å². The summed E-state index contributed by atoms with van der Waals surface area (Å²) in [7, 11) is -3.04. The number of hydrogen-bond donors (Lipinski definition) is 1. The average Bonchev–Trinajstić information content (AvgIpc) is 2.68. The molecule has 0 saturated carbocycles. The minimum Gasteiger partial charge on any atom is -0.307 e.